The smallest absolute Gasteiger partial charge is 0.240 e. The van der Waals surface area contributed by atoms with Crippen molar-refractivity contribution in [1.29, 1.82) is 0 Å². The number of hydrogen-bond acceptors (Lipinski definition) is 4. The predicted octanol–water partition coefficient (Wildman–Crippen LogP) is 13.7. The fourth-order valence-electron chi connectivity index (χ4n) is 10.8. The number of fused-ring (bicyclic) bond motifs is 14. The zero-order chi connectivity index (χ0) is 41.9. The van der Waals surface area contributed by atoms with E-state index in [2.05, 4.69) is 225 Å². The van der Waals surface area contributed by atoms with E-state index in [1.807, 2.05) is 6.07 Å². The molecule has 300 valence electrons. The third kappa shape index (κ3) is 4.89. The average Bonchev–Trinajstić information content (AvgIpc) is 4.10. The Labute approximate surface area is 368 Å². The van der Waals surface area contributed by atoms with Crippen LogP contribution in [0.2, 0.25) is 0 Å². The van der Waals surface area contributed by atoms with E-state index in [-0.39, 0.29) is 12.0 Å². The van der Waals surface area contributed by atoms with E-state index in [1.54, 1.807) is 0 Å². The van der Waals surface area contributed by atoms with Gasteiger partial charge in [-0.05, 0) is 54.1 Å². The van der Waals surface area contributed by atoms with Crippen molar-refractivity contribution < 1.29 is 0 Å². The Morgan fingerprint density at radius 1 is 0.391 bits per heavy atom. The highest BCUT2D eigenvalue weighted by atomic mass is 15.4. The van der Waals surface area contributed by atoms with Crippen LogP contribution in [0.4, 0.5) is 11.6 Å². The van der Waals surface area contributed by atoms with E-state index in [0.717, 1.165) is 55.5 Å². The molecule has 64 heavy (non-hydrogen) atoms. The highest BCUT2D eigenvalue weighted by molar-refractivity contribution is 6.23. The molecule has 2 unspecified atom stereocenters. The van der Waals surface area contributed by atoms with Crippen LogP contribution in [0.5, 0.6) is 0 Å². The van der Waals surface area contributed by atoms with Gasteiger partial charge in [-0.1, -0.05) is 164 Å². The summed E-state index contributed by atoms with van der Waals surface area (Å²) >= 11 is 0. The average molecular weight is 820 g/mol. The number of para-hydroxylation sites is 6. The van der Waals surface area contributed by atoms with Gasteiger partial charge < -0.3 is 14.0 Å². The molecule has 0 saturated carbocycles. The van der Waals surface area contributed by atoms with Crippen molar-refractivity contribution in [3.8, 4) is 28.7 Å². The Balaban J connectivity index is 1.10. The highest BCUT2D eigenvalue weighted by Gasteiger charge is 2.45. The summed E-state index contributed by atoms with van der Waals surface area (Å²) in [5, 5.41) is 5.84. The van der Waals surface area contributed by atoms with Gasteiger partial charge >= 0.3 is 0 Å². The molecule has 4 aromatic heterocycles. The molecule has 7 nitrogen and oxygen atoms in total. The lowest BCUT2D eigenvalue weighted by molar-refractivity contribution is 0.625. The Morgan fingerprint density at radius 3 is 1.59 bits per heavy atom. The van der Waals surface area contributed by atoms with E-state index in [9.17, 15) is 0 Å². The second kappa shape index (κ2) is 13.5. The van der Waals surface area contributed by atoms with Gasteiger partial charge in [0.05, 0.1) is 39.3 Å². The molecule has 1 aliphatic heterocycles. The van der Waals surface area contributed by atoms with Crippen LogP contribution in [0.1, 0.15) is 28.8 Å². The summed E-state index contributed by atoms with van der Waals surface area (Å²) in [6.07, 6.45) is 4.72. The Morgan fingerprint density at radius 2 is 0.906 bits per heavy atom. The summed E-state index contributed by atoms with van der Waals surface area (Å²) in [4.78, 5) is 19.0. The van der Waals surface area contributed by atoms with E-state index in [4.69, 9.17) is 15.0 Å². The van der Waals surface area contributed by atoms with Crippen LogP contribution in [-0.2, 0) is 0 Å². The monoisotopic (exact) mass is 819 g/mol. The maximum atomic E-state index is 5.69. The minimum absolute atomic E-state index is 0.0466. The maximum absolute atomic E-state index is 5.69. The van der Waals surface area contributed by atoms with Crippen LogP contribution in [0.3, 0.4) is 0 Å². The van der Waals surface area contributed by atoms with Crippen molar-refractivity contribution in [3.63, 3.8) is 0 Å². The van der Waals surface area contributed by atoms with Gasteiger partial charge in [-0.2, -0.15) is 15.0 Å². The molecule has 7 heteroatoms. The molecule has 0 amide bonds. The van der Waals surface area contributed by atoms with Gasteiger partial charge in [0.25, 0.3) is 0 Å². The molecule has 1 aliphatic carbocycles. The standard InChI is InChI=1S/C57H37N7/c1-4-18-36(19-5-1)55-58-56(63-49-30-16-12-26-41(49)45-34-32-43-39-24-10-14-28-47(39)61(51(43)53(45)63)37-20-6-2-7-21-37)60-57(59-55)64-50-31-17-13-27-42(50)46-35-33-44-40-25-11-15-29-48(40)62(52(44)54(46)64)38-22-8-3-9-23-38/h1-35,45,53H. The summed E-state index contributed by atoms with van der Waals surface area (Å²) in [7, 11) is 0. The summed E-state index contributed by atoms with van der Waals surface area (Å²) in [5.41, 5.74) is 13.4. The summed E-state index contributed by atoms with van der Waals surface area (Å²) in [5.74, 6) is 1.81. The molecule has 2 aliphatic rings. The number of nitrogens with zero attached hydrogens (tertiary/aromatic N) is 7. The fraction of sp³-hybridized carbons (Fsp3) is 0.0351. The Kier molecular flexibility index (Phi) is 7.39. The van der Waals surface area contributed by atoms with Gasteiger partial charge in [0.15, 0.2) is 5.82 Å². The minimum Gasteiger partial charge on any atom is -0.311 e. The minimum atomic E-state index is -0.158. The normalized spacial score (nSPS) is 15.4. The molecule has 14 rings (SSSR count). The second-order valence-corrected chi connectivity index (χ2v) is 16.8. The Hall–Kier alpha value is -8.55. The first kappa shape index (κ1) is 35.1. The van der Waals surface area contributed by atoms with Crippen LogP contribution in [0.15, 0.2) is 206 Å². The quantitative estimate of drug-likeness (QED) is 0.174. The van der Waals surface area contributed by atoms with Crippen LogP contribution >= 0.6 is 0 Å². The van der Waals surface area contributed by atoms with E-state index >= 15 is 0 Å². The van der Waals surface area contributed by atoms with Crippen molar-refractivity contribution in [1.82, 2.24) is 28.7 Å². The van der Waals surface area contributed by atoms with Crippen LogP contribution in [0.25, 0.3) is 89.3 Å². The summed E-state index contributed by atoms with van der Waals surface area (Å²) in [6.45, 7) is 0. The Bertz CT molecular complexity index is 3860. The first-order valence-corrected chi connectivity index (χ1v) is 21.9. The van der Waals surface area contributed by atoms with E-state index < -0.39 is 0 Å². The molecule has 8 aromatic carbocycles. The van der Waals surface area contributed by atoms with Gasteiger partial charge in [0.1, 0.15) is 0 Å². The molecule has 2 atom stereocenters. The van der Waals surface area contributed by atoms with Gasteiger partial charge in [0.2, 0.25) is 11.9 Å². The number of hydrogen-bond donors (Lipinski definition) is 0. The first-order chi connectivity index (χ1) is 31.8. The van der Waals surface area contributed by atoms with Gasteiger partial charge in [0, 0.05) is 61.0 Å². The lowest BCUT2D eigenvalue weighted by atomic mass is 9.86. The molecule has 0 saturated heterocycles. The zero-order valence-electron chi connectivity index (χ0n) is 34.5. The van der Waals surface area contributed by atoms with Gasteiger partial charge in [-0.25, -0.2) is 0 Å². The highest BCUT2D eigenvalue weighted by Crippen LogP contribution is 2.57. The zero-order valence-corrected chi connectivity index (χ0v) is 34.5. The number of anilines is 2. The molecular weight excluding hydrogens is 783 g/mol. The van der Waals surface area contributed by atoms with Crippen molar-refractivity contribution in [3.05, 3.63) is 223 Å². The number of rotatable bonds is 5. The molecule has 0 radical (unpaired) electrons. The van der Waals surface area contributed by atoms with Crippen LogP contribution < -0.4 is 4.90 Å². The third-order valence-electron chi connectivity index (χ3n) is 13.4. The SMILES string of the molecule is C1=CC2c3ccccc3N(c3nc(-c4ccccc4)nc(-n4c5ccccc5c5ccc6c7ccccc7n(-c7ccccc7)c6c54)n3)C2c2c1c1ccccc1n2-c1ccccc1. The number of benzene rings is 8. The van der Waals surface area contributed by atoms with Crippen LogP contribution in [-0.4, -0.2) is 28.7 Å². The van der Waals surface area contributed by atoms with Crippen molar-refractivity contribution >= 4 is 72.2 Å². The third-order valence-corrected chi connectivity index (χ3v) is 13.4. The maximum Gasteiger partial charge on any atom is 0.240 e. The molecular formula is C57H37N7. The molecule has 12 aromatic rings. The van der Waals surface area contributed by atoms with Crippen molar-refractivity contribution in [2.45, 2.75) is 12.0 Å². The van der Waals surface area contributed by atoms with Gasteiger partial charge in [-0.15, -0.1) is 0 Å². The van der Waals surface area contributed by atoms with Crippen molar-refractivity contribution in [2.75, 3.05) is 4.90 Å². The molecule has 0 spiro atoms. The van der Waals surface area contributed by atoms with E-state index in [0.29, 0.717) is 17.7 Å². The largest absolute Gasteiger partial charge is 0.311 e. The first-order valence-electron chi connectivity index (χ1n) is 21.9. The number of aromatic nitrogens is 6. The molecule has 5 heterocycles. The summed E-state index contributed by atoms with van der Waals surface area (Å²) < 4.78 is 7.15. The van der Waals surface area contributed by atoms with Crippen molar-refractivity contribution in [2.24, 2.45) is 0 Å². The molecule has 0 N–H and O–H groups in total. The lowest BCUT2D eigenvalue weighted by Gasteiger charge is -2.32. The topological polar surface area (TPSA) is 56.7 Å². The van der Waals surface area contributed by atoms with Crippen LogP contribution in [0, 0.1) is 0 Å². The van der Waals surface area contributed by atoms with E-state index in [1.165, 1.54) is 38.5 Å². The molecule has 0 fully saturated rings. The fourth-order valence-corrected chi connectivity index (χ4v) is 10.8. The predicted molar refractivity (Wildman–Crippen MR) is 260 cm³/mol. The lowest BCUT2D eigenvalue weighted by Crippen LogP contribution is -2.28. The van der Waals surface area contributed by atoms with Gasteiger partial charge in [-0.3, -0.25) is 4.57 Å². The summed E-state index contributed by atoms with van der Waals surface area (Å²) in [6, 6.07) is 71.1. The molecule has 0 bridgehead atoms. The second-order valence-electron chi connectivity index (χ2n) is 16.8.